The van der Waals surface area contributed by atoms with Crippen LogP contribution in [0.1, 0.15) is 23.2 Å². The van der Waals surface area contributed by atoms with E-state index in [-0.39, 0.29) is 11.8 Å². The smallest absolute Gasteiger partial charge is 0.307 e. The quantitative estimate of drug-likeness (QED) is 0.651. The molecular weight excluding hydrogens is 442 g/mol. The number of amides is 2. The molecule has 2 atom stereocenters. The lowest BCUT2D eigenvalue weighted by molar-refractivity contribution is -0.146. The minimum absolute atomic E-state index is 0.157. The van der Waals surface area contributed by atoms with Gasteiger partial charge >= 0.3 is 5.97 Å². The molecule has 8 heteroatoms. The van der Waals surface area contributed by atoms with Crippen LogP contribution >= 0.6 is 11.6 Å². The maximum atomic E-state index is 13.3. The third-order valence-electron chi connectivity index (χ3n) is 6.24. The fourth-order valence-corrected chi connectivity index (χ4v) is 4.58. The van der Waals surface area contributed by atoms with Gasteiger partial charge in [-0.1, -0.05) is 42.0 Å². The predicted molar refractivity (Wildman–Crippen MR) is 128 cm³/mol. The first-order valence-electron chi connectivity index (χ1n) is 11.0. The maximum Gasteiger partial charge on any atom is 0.307 e. The SMILES string of the molecule is O=C(O)C1CC=CCC1C(=O)Nc1ccccc1C(=O)N1CCN(c2cccc(Cl)c2)CC1. The summed E-state index contributed by atoms with van der Waals surface area (Å²) in [6.45, 7) is 2.44. The van der Waals surface area contributed by atoms with E-state index in [1.165, 1.54) is 0 Å². The van der Waals surface area contributed by atoms with Crippen molar-refractivity contribution < 1.29 is 19.5 Å². The molecular formula is C25H26ClN3O4. The number of para-hydroxylation sites is 1. The van der Waals surface area contributed by atoms with E-state index in [0.717, 1.165) is 5.69 Å². The van der Waals surface area contributed by atoms with Gasteiger partial charge in [-0.15, -0.1) is 0 Å². The van der Waals surface area contributed by atoms with Crippen molar-refractivity contribution in [2.75, 3.05) is 36.4 Å². The second-order valence-electron chi connectivity index (χ2n) is 8.29. The topological polar surface area (TPSA) is 89.9 Å². The number of carboxylic acid groups (broad SMARTS) is 1. The van der Waals surface area contributed by atoms with Crippen LogP contribution in [-0.4, -0.2) is 54.0 Å². The van der Waals surface area contributed by atoms with Crippen LogP contribution in [0.3, 0.4) is 0 Å². The number of nitrogens with zero attached hydrogens (tertiary/aromatic N) is 2. The van der Waals surface area contributed by atoms with Crippen LogP contribution in [0.5, 0.6) is 0 Å². The Balaban J connectivity index is 1.44. The van der Waals surface area contributed by atoms with Crippen molar-refractivity contribution in [3.63, 3.8) is 0 Å². The summed E-state index contributed by atoms with van der Waals surface area (Å²) in [5, 5.41) is 13.0. The molecule has 7 nitrogen and oxygen atoms in total. The molecule has 4 rings (SSSR count). The second kappa shape index (κ2) is 10.1. The Hall–Kier alpha value is -3.32. The number of hydrogen-bond donors (Lipinski definition) is 2. The number of carboxylic acids is 1. The number of anilines is 2. The summed E-state index contributed by atoms with van der Waals surface area (Å²) in [4.78, 5) is 41.7. The highest BCUT2D eigenvalue weighted by Crippen LogP contribution is 2.28. The van der Waals surface area contributed by atoms with Crippen LogP contribution < -0.4 is 10.2 Å². The van der Waals surface area contributed by atoms with Gasteiger partial charge in [-0.05, 0) is 43.2 Å². The highest BCUT2D eigenvalue weighted by Gasteiger charge is 2.34. The number of carbonyl (C=O) groups is 3. The first-order chi connectivity index (χ1) is 15.9. The Morgan fingerprint density at radius 1 is 0.909 bits per heavy atom. The van der Waals surface area contributed by atoms with Crippen LogP contribution in [0.2, 0.25) is 5.02 Å². The lowest BCUT2D eigenvalue weighted by Crippen LogP contribution is -2.49. The highest BCUT2D eigenvalue weighted by atomic mass is 35.5. The van der Waals surface area contributed by atoms with E-state index in [0.29, 0.717) is 55.3 Å². The van der Waals surface area contributed by atoms with Crippen molar-refractivity contribution in [3.05, 3.63) is 71.3 Å². The number of benzene rings is 2. The minimum atomic E-state index is -0.985. The number of aliphatic carboxylic acids is 1. The maximum absolute atomic E-state index is 13.3. The molecule has 1 saturated heterocycles. The van der Waals surface area contributed by atoms with Crippen LogP contribution in [-0.2, 0) is 9.59 Å². The van der Waals surface area contributed by atoms with E-state index < -0.39 is 17.8 Å². The summed E-state index contributed by atoms with van der Waals surface area (Å²) in [6.07, 6.45) is 4.32. The molecule has 0 saturated carbocycles. The van der Waals surface area contributed by atoms with E-state index in [1.807, 2.05) is 30.3 Å². The van der Waals surface area contributed by atoms with Gasteiger partial charge in [-0.25, -0.2) is 0 Å². The van der Waals surface area contributed by atoms with Gasteiger partial charge in [0.05, 0.1) is 23.1 Å². The number of rotatable bonds is 5. The van der Waals surface area contributed by atoms with E-state index in [1.54, 1.807) is 35.2 Å². The lowest BCUT2D eigenvalue weighted by atomic mass is 9.82. The molecule has 33 heavy (non-hydrogen) atoms. The Morgan fingerprint density at radius 2 is 1.61 bits per heavy atom. The molecule has 1 aliphatic heterocycles. The summed E-state index contributed by atoms with van der Waals surface area (Å²) in [6, 6.07) is 14.5. The standard InChI is InChI=1S/C25H26ClN3O4/c26-17-6-5-7-18(16-17)28-12-14-29(15-13-28)24(31)21-10-3-4-11-22(21)27-23(30)19-8-1-2-9-20(19)25(32)33/h1-7,10-11,16,19-20H,8-9,12-15H2,(H,27,30)(H,32,33). The third kappa shape index (κ3) is 5.20. The predicted octanol–water partition coefficient (Wildman–Crippen LogP) is 3.91. The minimum Gasteiger partial charge on any atom is -0.481 e. The summed E-state index contributed by atoms with van der Waals surface area (Å²) < 4.78 is 0. The van der Waals surface area contributed by atoms with Crippen molar-refractivity contribution >= 4 is 40.8 Å². The van der Waals surface area contributed by atoms with Gasteiger partial charge in [0.15, 0.2) is 0 Å². The second-order valence-corrected chi connectivity index (χ2v) is 8.72. The van der Waals surface area contributed by atoms with Gasteiger partial charge < -0.3 is 20.2 Å². The molecule has 0 aromatic heterocycles. The molecule has 1 heterocycles. The first-order valence-corrected chi connectivity index (χ1v) is 11.4. The number of piperazine rings is 1. The van der Waals surface area contributed by atoms with Crippen LogP contribution in [0, 0.1) is 11.8 Å². The lowest BCUT2D eigenvalue weighted by Gasteiger charge is -2.36. The van der Waals surface area contributed by atoms with E-state index in [4.69, 9.17) is 11.6 Å². The average Bonchev–Trinajstić information content (AvgIpc) is 2.84. The van der Waals surface area contributed by atoms with Crippen molar-refractivity contribution in [1.82, 2.24) is 4.90 Å². The number of allylic oxidation sites excluding steroid dienone is 2. The molecule has 2 amide bonds. The van der Waals surface area contributed by atoms with Crippen molar-refractivity contribution in [2.45, 2.75) is 12.8 Å². The summed E-state index contributed by atoms with van der Waals surface area (Å²) in [5.41, 5.74) is 1.83. The molecule has 0 radical (unpaired) electrons. The molecule has 1 aliphatic carbocycles. The zero-order valence-corrected chi connectivity index (χ0v) is 18.9. The molecule has 1 fully saturated rings. The Morgan fingerprint density at radius 3 is 2.30 bits per heavy atom. The van der Waals surface area contributed by atoms with E-state index >= 15 is 0 Å². The number of nitrogens with one attached hydrogen (secondary N) is 1. The van der Waals surface area contributed by atoms with Crippen molar-refractivity contribution in [1.29, 1.82) is 0 Å². The Labute approximate surface area is 197 Å². The molecule has 2 aromatic carbocycles. The third-order valence-corrected chi connectivity index (χ3v) is 6.48. The average molecular weight is 468 g/mol. The van der Waals surface area contributed by atoms with Gasteiger partial charge in [-0.3, -0.25) is 14.4 Å². The molecule has 2 aliphatic rings. The largest absolute Gasteiger partial charge is 0.481 e. The number of carbonyl (C=O) groups excluding carboxylic acids is 2. The Kier molecular flexibility index (Phi) is 6.99. The molecule has 172 valence electrons. The summed E-state index contributed by atoms with van der Waals surface area (Å²) >= 11 is 6.10. The first kappa shape index (κ1) is 22.9. The molecule has 2 aromatic rings. The summed E-state index contributed by atoms with van der Waals surface area (Å²) in [7, 11) is 0. The fraction of sp³-hybridized carbons (Fsp3) is 0.320. The van der Waals surface area contributed by atoms with Gasteiger partial charge in [0.25, 0.3) is 5.91 Å². The highest BCUT2D eigenvalue weighted by molar-refractivity contribution is 6.30. The van der Waals surface area contributed by atoms with Crippen LogP contribution in [0.4, 0.5) is 11.4 Å². The summed E-state index contributed by atoms with van der Waals surface area (Å²) in [5.74, 6) is -2.96. The fourth-order valence-electron chi connectivity index (χ4n) is 4.39. The van der Waals surface area contributed by atoms with Gasteiger partial charge in [0, 0.05) is 36.9 Å². The van der Waals surface area contributed by atoms with Crippen molar-refractivity contribution in [3.8, 4) is 0 Å². The normalized spacial score (nSPS) is 20.4. The van der Waals surface area contributed by atoms with E-state index in [2.05, 4.69) is 10.2 Å². The van der Waals surface area contributed by atoms with Crippen LogP contribution in [0.15, 0.2) is 60.7 Å². The van der Waals surface area contributed by atoms with E-state index in [9.17, 15) is 19.5 Å². The van der Waals surface area contributed by atoms with Crippen molar-refractivity contribution in [2.24, 2.45) is 11.8 Å². The molecule has 2 unspecified atom stereocenters. The zero-order valence-electron chi connectivity index (χ0n) is 18.1. The monoisotopic (exact) mass is 467 g/mol. The van der Waals surface area contributed by atoms with Gasteiger partial charge in [0.1, 0.15) is 0 Å². The van der Waals surface area contributed by atoms with Gasteiger partial charge in [0.2, 0.25) is 5.91 Å². The molecule has 2 N–H and O–H groups in total. The molecule has 0 spiro atoms. The zero-order chi connectivity index (χ0) is 23.4. The number of halogens is 1. The Bertz CT molecular complexity index is 1080. The van der Waals surface area contributed by atoms with Gasteiger partial charge in [-0.2, -0.15) is 0 Å². The van der Waals surface area contributed by atoms with Crippen LogP contribution in [0.25, 0.3) is 0 Å². The number of hydrogen-bond acceptors (Lipinski definition) is 4. The molecule has 0 bridgehead atoms.